The van der Waals surface area contributed by atoms with Crippen molar-refractivity contribution in [1.82, 2.24) is 39.8 Å². The number of alkyl halides is 9. The van der Waals surface area contributed by atoms with E-state index in [0.717, 1.165) is 67.9 Å². The lowest BCUT2D eigenvalue weighted by Crippen LogP contribution is -2.41. The standard InChI is InChI=1S/C31H36FN9O3.3C2HF3O2/c32-24-15-22(31(42)35-7-10-39-11-13-43-14-12-39)16-27(17-24)44-26-3-8-40(9-4-26)20-25(1-5-33)41-19-23(18-38-41)29-28-2-6-34-30(28)37-21-36-29;3*3-2(4,5)1(6)7/h2,6,15-19,21,25-26H,1,3-4,7-14,20H2,(H,35,42)(H,34,36,37);3*(H,6,7). The zero-order valence-corrected chi connectivity index (χ0v) is 33.5. The number of hydrogen-bond acceptors (Lipinski definition) is 12. The van der Waals surface area contributed by atoms with Crippen LogP contribution in [0.2, 0.25) is 0 Å². The number of halogens is 10. The number of morpholine rings is 1. The molecule has 1 atom stereocenters. The van der Waals surface area contributed by atoms with Gasteiger partial charge in [0.2, 0.25) is 0 Å². The minimum atomic E-state index is -5.08. The molecule has 6 rings (SSSR count). The topological polar surface area (TPSA) is 249 Å². The number of carboxylic acid groups (broad SMARTS) is 3. The molecule has 65 heavy (non-hydrogen) atoms. The Morgan fingerprint density at radius 1 is 0.892 bits per heavy atom. The minimum absolute atomic E-state index is 0.0995. The molecule has 1 amide bonds. The number of aliphatic carboxylic acids is 3. The predicted molar refractivity (Wildman–Crippen MR) is 202 cm³/mol. The third-order valence-corrected chi connectivity index (χ3v) is 8.91. The molecule has 5 heterocycles. The van der Waals surface area contributed by atoms with Gasteiger partial charge in [-0.2, -0.15) is 49.9 Å². The van der Waals surface area contributed by atoms with Crippen molar-refractivity contribution in [3.05, 3.63) is 60.6 Å². The number of nitriles is 1. The molecule has 356 valence electrons. The number of rotatable bonds is 11. The van der Waals surface area contributed by atoms with Crippen LogP contribution in [-0.4, -0.2) is 157 Å². The molecule has 0 radical (unpaired) electrons. The van der Waals surface area contributed by atoms with Gasteiger partial charge in [0.15, 0.2) is 0 Å². The number of ether oxygens (including phenoxy) is 2. The number of hydrogen-bond donors (Lipinski definition) is 5. The van der Waals surface area contributed by atoms with E-state index >= 15 is 0 Å². The minimum Gasteiger partial charge on any atom is -0.490 e. The molecule has 0 aliphatic carbocycles. The Morgan fingerprint density at radius 2 is 1.48 bits per heavy atom. The number of H-pyrrole nitrogens is 1. The van der Waals surface area contributed by atoms with Crippen LogP contribution in [-0.2, 0) is 19.1 Å². The van der Waals surface area contributed by atoms with Crippen LogP contribution in [0.5, 0.6) is 5.75 Å². The Labute approximate surface area is 360 Å². The van der Waals surface area contributed by atoms with Gasteiger partial charge in [0.25, 0.3) is 5.91 Å². The van der Waals surface area contributed by atoms with E-state index in [4.69, 9.17) is 39.2 Å². The van der Waals surface area contributed by atoms with Crippen molar-refractivity contribution in [1.29, 1.82) is 5.26 Å². The van der Waals surface area contributed by atoms with Crippen LogP contribution in [0.3, 0.4) is 0 Å². The number of nitrogens with one attached hydrogen (secondary N) is 2. The fraction of sp³-hybridized carbons (Fsp3) is 0.459. The highest BCUT2D eigenvalue weighted by molar-refractivity contribution is 5.94. The zero-order chi connectivity index (χ0) is 48.5. The maximum absolute atomic E-state index is 14.4. The Balaban J connectivity index is 0.000000443. The largest absolute Gasteiger partial charge is 0.490 e. The summed E-state index contributed by atoms with van der Waals surface area (Å²) in [6.07, 6.45) is -6.47. The average molecular weight is 944 g/mol. The Hall–Kier alpha value is -6.60. The van der Waals surface area contributed by atoms with Gasteiger partial charge in [0.1, 0.15) is 29.6 Å². The highest BCUT2D eigenvalue weighted by Crippen LogP contribution is 2.27. The summed E-state index contributed by atoms with van der Waals surface area (Å²) in [4.78, 5) is 55.7. The third kappa shape index (κ3) is 17.8. The number of fused-ring (bicyclic) bond motifs is 1. The highest BCUT2D eigenvalue weighted by atomic mass is 19.4. The molecule has 1 unspecified atom stereocenters. The number of carboxylic acids is 3. The lowest BCUT2D eigenvalue weighted by atomic mass is 10.1. The molecule has 3 aromatic heterocycles. The third-order valence-electron chi connectivity index (χ3n) is 8.91. The number of carbonyl (C=O) groups excluding carboxylic acids is 1. The fourth-order valence-corrected chi connectivity index (χ4v) is 5.83. The van der Waals surface area contributed by atoms with Crippen LogP contribution in [0.25, 0.3) is 22.3 Å². The van der Waals surface area contributed by atoms with Crippen LogP contribution in [0.1, 0.15) is 35.7 Å². The van der Waals surface area contributed by atoms with Gasteiger partial charge in [-0.05, 0) is 31.0 Å². The summed E-state index contributed by atoms with van der Waals surface area (Å²) < 4.78 is 123. The van der Waals surface area contributed by atoms with E-state index < -0.39 is 42.3 Å². The molecule has 28 heteroatoms. The van der Waals surface area contributed by atoms with Gasteiger partial charge in [0.05, 0.1) is 43.6 Å². The number of amides is 1. The zero-order valence-electron chi connectivity index (χ0n) is 33.5. The number of likely N-dealkylation sites (tertiary alicyclic amines) is 1. The quantitative estimate of drug-likeness (QED) is 0.125. The van der Waals surface area contributed by atoms with Gasteiger partial charge in [-0.3, -0.25) is 14.4 Å². The average Bonchev–Trinajstić information content (AvgIpc) is 3.92. The van der Waals surface area contributed by atoms with Crippen molar-refractivity contribution in [2.75, 3.05) is 59.0 Å². The summed E-state index contributed by atoms with van der Waals surface area (Å²) in [6.45, 7) is 6.49. The van der Waals surface area contributed by atoms with Crippen LogP contribution >= 0.6 is 0 Å². The first-order valence-corrected chi connectivity index (χ1v) is 18.8. The van der Waals surface area contributed by atoms with Crippen LogP contribution in [0.4, 0.5) is 43.9 Å². The van der Waals surface area contributed by atoms with Gasteiger partial charge in [0, 0.05) is 80.8 Å². The van der Waals surface area contributed by atoms with Gasteiger partial charge >= 0.3 is 36.4 Å². The molecule has 0 spiro atoms. The van der Waals surface area contributed by atoms with Gasteiger partial charge < -0.3 is 40.0 Å². The molecule has 1 aromatic carbocycles. The van der Waals surface area contributed by atoms with E-state index in [1.54, 1.807) is 12.3 Å². The van der Waals surface area contributed by atoms with Crippen molar-refractivity contribution in [3.8, 4) is 23.1 Å². The lowest BCUT2D eigenvalue weighted by molar-refractivity contribution is -0.193. The molecule has 0 saturated carbocycles. The molecule has 2 aliphatic heterocycles. The van der Waals surface area contributed by atoms with Crippen molar-refractivity contribution in [2.24, 2.45) is 0 Å². The van der Waals surface area contributed by atoms with Crippen molar-refractivity contribution in [2.45, 2.75) is 49.9 Å². The smallest absolute Gasteiger partial charge is 0.490 e. The van der Waals surface area contributed by atoms with E-state index in [1.165, 1.54) is 18.5 Å². The second-order valence-corrected chi connectivity index (χ2v) is 13.6. The summed E-state index contributed by atoms with van der Waals surface area (Å²) in [5.41, 5.74) is 2.67. The van der Waals surface area contributed by atoms with Crippen LogP contribution in [0.15, 0.2) is 49.2 Å². The monoisotopic (exact) mass is 943 g/mol. The first-order valence-electron chi connectivity index (χ1n) is 18.8. The molecule has 2 saturated heterocycles. The molecular weight excluding hydrogens is 904 g/mol. The molecule has 5 N–H and O–H groups in total. The summed E-state index contributed by atoms with van der Waals surface area (Å²) in [5.74, 6) is -8.74. The van der Waals surface area contributed by atoms with E-state index in [2.05, 4.69) is 41.2 Å². The van der Waals surface area contributed by atoms with Gasteiger partial charge in [-0.15, -0.1) is 0 Å². The maximum atomic E-state index is 14.4. The number of carbonyl (C=O) groups is 4. The summed E-state index contributed by atoms with van der Waals surface area (Å²) in [6, 6.07) is 8.29. The first-order chi connectivity index (χ1) is 30.4. The number of piperidine rings is 1. The Morgan fingerprint density at radius 3 is 2.03 bits per heavy atom. The summed E-state index contributed by atoms with van der Waals surface area (Å²) in [5, 5.41) is 39.3. The summed E-state index contributed by atoms with van der Waals surface area (Å²) >= 11 is 0. The van der Waals surface area contributed by atoms with Gasteiger partial charge in [-0.1, -0.05) is 0 Å². The van der Waals surface area contributed by atoms with Crippen molar-refractivity contribution < 1.29 is 87.9 Å². The highest BCUT2D eigenvalue weighted by Gasteiger charge is 2.39. The molecule has 4 aromatic rings. The van der Waals surface area contributed by atoms with Crippen molar-refractivity contribution in [3.63, 3.8) is 0 Å². The van der Waals surface area contributed by atoms with E-state index in [0.29, 0.717) is 38.5 Å². The predicted octanol–water partition coefficient (Wildman–Crippen LogP) is 4.92. The molecule has 2 aliphatic rings. The van der Waals surface area contributed by atoms with E-state index in [-0.39, 0.29) is 23.6 Å². The second kappa shape index (κ2) is 23.9. The van der Waals surface area contributed by atoms with Crippen LogP contribution < -0.4 is 10.1 Å². The number of aromatic nitrogens is 5. The number of aromatic amines is 1. The molecule has 18 nitrogen and oxygen atoms in total. The molecule has 0 bridgehead atoms. The first kappa shape index (κ1) is 52.7. The Bertz CT molecular complexity index is 2170. The SMILES string of the molecule is N#CCC(CN1CCC(Oc2cc(F)cc(C(=O)NCCN3CCOCC3)c2)CC1)n1cc(-c2ncnc3[nH]ccc23)cn1.O=C(O)C(F)(F)F.O=C(O)C(F)(F)F.O=C(O)C(F)(F)F. The van der Waals surface area contributed by atoms with E-state index in [9.17, 15) is 54.0 Å². The lowest BCUT2D eigenvalue weighted by Gasteiger charge is -2.34. The summed E-state index contributed by atoms with van der Waals surface area (Å²) in [7, 11) is 0. The second-order valence-electron chi connectivity index (χ2n) is 13.6. The normalized spacial score (nSPS) is 15.4. The number of benzene rings is 1. The van der Waals surface area contributed by atoms with Gasteiger partial charge in [-0.25, -0.2) is 28.7 Å². The van der Waals surface area contributed by atoms with E-state index in [1.807, 2.05) is 23.1 Å². The Kier molecular flexibility index (Phi) is 19.4. The van der Waals surface area contributed by atoms with Crippen LogP contribution in [0, 0.1) is 17.1 Å². The molecule has 2 fully saturated rings. The van der Waals surface area contributed by atoms with Crippen molar-refractivity contribution >= 4 is 34.8 Å². The number of nitrogens with zero attached hydrogens (tertiary/aromatic N) is 7. The fourth-order valence-electron chi connectivity index (χ4n) is 5.83. The maximum Gasteiger partial charge on any atom is 0.490 e. The molecular formula is C37H39F10N9O9.